The van der Waals surface area contributed by atoms with E-state index in [0.29, 0.717) is 25.4 Å². The van der Waals surface area contributed by atoms with E-state index in [1.54, 1.807) is 12.1 Å². The summed E-state index contributed by atoms with van der Waals surface area (Å²) in [5.74, 6) is 0. The highest BCUT2D eigenvalue weighted by atomic mass is 16.6. The second kappa shape index (κ2) is 7.24. The van der Waals surface area contributed by atoms with E-state index in [1.165, 1.54) is 6.07 Å². The molecular formula is C15H24N2O3. The lowest BCUT2D eigenvalue weighted by Crippen LogP contribution is -2.09. The van der Waals surface area contributed by atoms with E-state index in [9.17, 15) is 10.1 Å². The standard InChI is InChI=1S/C15H24N2O3/c1-5-16-13-10-12(6-7-14(13)17(18)19)11-20-9-8-15(2,3)4/h6-7,10,16H,5,8-9,11H2,1-4H3. The first-order chi connectivity index (χ1) is 9.33. The second-order valence-corrected chi connectivity index (χ2v) is 6.00. The van der Waals surface area contributed by atoms with Gasteiger partial charge in [0.2, 0.25) is 0 Å². The van der Waals surface area contributed by atoms with E-state index in [4.69, 9.17) is 4.74 Å². The second-order valence-electron chi connectivity index (χ2n) is 6.00. The Morgan fingerprint density at radius 2 is 2.05 bits per heavy atom. The van der Waals surface area contributed by atoms with Crippen molar-refractivity contribution >= 4 is 11.4 Å². The van der Waals surface area contributed by atoms with Crippen molar-refractivity contribution in [1.29, 1.82) is 0 Å². The largest absolute Gasteiger partial charge is 0.380 e. The van der Waals surface area contributed by atoms with Gasteiger partial charge in [-0.25, -0.2) is 0 Å². The summed E-state index contributed by atoms with van der Waals surface area (Å²) in [5, 5.41) is 13.9. The molecular weight excluding hydrogens is 256 g/mol. The summed E-state index contributed by atoms with van der Waals surface area (Å²) in [7, 11) is 0. The molecule has 0 aromatic heterocycles. The molecule has 0 aliphatic carbocycles. The average Bonchev–Trinajstić information content (AvgIpc) is 2.34. The number of benzene rings is 1. The van der Waals surface area contributed by atoms with Crippen LogP contribution in [0.1, 0.15) is 39.7 Å². The highest BCUT2D eigenvalue weighted by Gasteiger charge is 2.14. The lowest BCUT2D eigenvalue weighted by atomic mass is 9.93. The Hall–Kier alpha value is -1.62. The number of hydrogen-bond donors (Lipinski definition) is 1. The van der Waals surface area contributed by atoms with Crippen molar-refractivity contribution in [2.75, 3.05) is 18.5 Å². The zero-order chi connectivity index (χ0) is 15.2. The number of nitrogens with zero attached hydrogens (tertiary/aromatic N) is 1. The minimum Gasteiger partial charge on any atom is -0.380 e. The molecule has 5 heteroatoms. The minimum absolute atomic E-state index is 0.102. The normalized spacial score (nSPS) is 11.4. The van der Waals surface area contributed by atoms with Crippen LogP contribution in [-0.2, 0) is 11.3 Å². The van der Waals surface area contributed by atoms with Gasteiger partial charge in [0.15, 0.2) is 0 Å². The van der Waals surface area contributed by atoms with E-state index in [-0.39, 0.29) is 16.0 Å². The SMILES string of the molecule is CCNc1cc(COCCC(C)(C)C)ccc1[N+](=O)[O-]. The minimum atomic E-state index is -0.373. The molecule has 0 heterocycles. The predicted molar refractivity (Wildman–Crippen MR) is 81.0 cm³/mol. The fourth-order valence-electron chi connectivity index (χ4n) is 1.73. The van der Waals surface area contributed by atoms with Gasteiger partial charge >= 0.3 is 0 Å². The maximum Gasteiger partial charge on any atom is 0.292 e. The van der Waals surface area contributed by atoms with Crippen LogP contribution in [0.25, 0.3) is 0 Å². The molecule has 0 aliphatic heterocycles. The molecule has 0 unspecified atom stereocenters. The Labute approximate surface area is 120 Å². The summed E-state index contributed by atoms with van der Waals surface area (Å²) in [6.45, 7) is 10.2. The van der Waals surface area contributed by atoms with Crippen LogP contribution in [-0.4, -0.2) is 18.1 Å². The number of nitro groups is 1. The zero-order valence-corrected chi connectivity index (χ0v) is 12.7. The van der Waals surface area contributed by atoms with Crippen LogP contribution in [0, 0.1) is 15.5 Å². The Morgan fingerprint density at radius 1 is 1.35 bits per heavy atom. The van der Waals surface area contributed by atoms with Crippen LogP contribution >= 0.6 is 0 Å². The summed E-state index contributed by atoms with van der Waals surface area (Å²) in [6, 6.07) is 5.06. The third-order valence-electron chi connectivity index (χ3n) is 2.89. The van der Waals surface area contributed by atoms with Crippen molar-refractivity contribution in [2.24, 2.45) is 5.41 Å². The van der Waals surface area contributed by atoms with Gasteiger partial charge in [0.1, 0.15) is 5.69 Å². The molecule has 1 rings (SSSR count). The van der Waals surface area contributed by atoms with Gasteiger partial charge in [0.05, 0.1) is 11.5 Å². The number of hydrogen-bond acceptors (Lipinski definition) is 4. The molecule has 0 aliphatic rings. The Balaban J connectivity index is 2.63. The molecule has 0 fully saturated rings. The van der Waals surface area contributed by atoms with Gasteiger partial charge in [-0.3, -0.25) is 10.1 Å². The maximum atomic E-state index is 10.9. The Kier molecular flexibility index (Phi) is 5.95. The lowest BCUT2D eigenvalue weighted by Gasteiger charge is -2.17. The quantitative estimate of drug-likeness (QED) is 0.466. The molecule has 0 spiro atoms. The van der Waals surface area contributed by atoms with Crippen LogP contribution in [0.3, 0.4) is 0 Å². The molecule has 0 amide bonds. The number of nitrogens with one attached hydrogen (secondary N) is 1. The molecule has 20 heavy (non-hydrogen) atoms. The van der Waals surface area contributed by atoms with Crippen molar-refractivity contribution in [1.82, 2.24) is 0 Å². The molecule has 1 N–H and O–H groups in total. The topological polar surface area (TPSA) is 64.4 Å². The fourth-order valence-corrected chi connectivity index (χ4v) is 1.73. The zero-order valence-electron chi connectivity index (χ0n) is 12.7. The van der Waals surface area contributed by atoms with Gasteiger partial charge in [-0.15, -0.1) is 0 Å². The molecule has 0 saturated carbocycles. The van der Waals surface area contributed by atoms with Gasteiger partial charge in [0, 0.05) is 19.2 Å². The maximum absolute atomic E-state index is 10.9. The van der Waals surface area contributed by atoms with Gasteiger partial charge < -0.3 is 10.1 Å². The molecule has 1 aromatic carbocycles. The molecule has 1 aromatic rings. The van der Waals surface area contributed by atoms with Gasteiger partial charge in [-0.2, -0.15) is 0 Å². The number of anilines is 1. The number of rotatable bonds is 7. The third kappa shape index (κ3) is 5.57. The average molecular weight is 280 g/mol. The molecule has 112 valence electrons. The Morgan fingerprint density at radius 3 is 2.60 bits per heavy atom. The fraction of sp³-hybridized carbons (Fsp3) is 0.600. The monoisotopic (exact) mass is 280 g/mol. The third-order valence-corrected chi connectivity index (χ3v) is 2.89. The first kappa shape index (κ1) is 16.4. The highest BCUT2D eigenvalue weighted by Crippen LogP contribution is 2.26. The molecule has 0 bridgehead atoms. The van der Waals surface area contributed by atoms with Crippen LogP contribution < -0.4 is 5.32 Å². The van der Waals surface area contributed by atoms with Gasteiger partial charge in [0.25, 0.3) is 5.69 Å². The molecule has 5 nitrogen and oxygen atoms in total. The van der Waals surface area contributed by atoms with E-state index >= 15 is 0 Å². The van der Waals surface area contributed by atoms with Crippen molar-refractivity contribution < 1.29 is 9.66 Å². The van der Waals surface area contributed by atoms with Crippen molar-refractivity contribution in [3.05, 3.63) is 33.9 Å². The van der Waals surface area contributed by atoms with Crippen LogP contribution in [0.2, 0.25) is 0 Å². The predicted octanol–water partition coefficient (Wildman–Crippen LogP) is 3.98. The van der Waals surface area contributed by atoms with Crippen molar-refractivity contribution in [3.8, 4) is 0 Å². The summed E-state index contributed by atoms with van der Waals surface area (Å²) in [6.07, 6.45) is 0.986. The summed E-state index contributed by atoms with van der Waals surface area (Å²) < 4.78 is 5.63. The van der Waals surface area contributed by atoms with Crippen LogP contribution in [0.4, 0.5) is 11.4 Å². The molecule has 0 saturated heterocycles. The summed E-state index contributed by atoms with van der Waals surface area (Å²) in [4.78, 5) is 10.5. The summed E-state index contributed by atoms with van der Waals surface area (Å²) >= 11 is 0. The molecule has 0 radical (unpaired) electrons. The smallest absolute Gasteiger partial charge is 0.292 e. The van der Waals surface area contributed by atoms with Crippen LogP contribution in [0.5, 0.6) is 0 Å². The van der Waals surface area contributed by atoms with Gasteiger partial charge in [-0.05, 0) is 36.5 Å². The first-order valence-corrected chi connectivity index (χ1v) is 6.92. The van der Waals surface area contributed by atoms with Gasteiger partial charge in [-0.1, -0.05) is 20.8 Å². The van der Waals surface area contributed by atoms with E-state index in [2.05, 4.69) is 26.1 Å². The number of ether oxygens (including phenoxy) is 1. The summed E-state index contributed by atoms with van der Waals surface area (Å²) in [5.41, 5.74) is 1.85. The molecule has 0 atom stereocenters. The first-order valence-electron chi connectivity index (χ1n) is 6.92. The van der Waals surface area contributed by atoms with E-state index in [1.807, 2.05) is 6.92 Å². The number of nitro benzene ring substituents is 1. The lowest BCUT2D eigenvalue weighted by molar-refractivity contribution is -0.384. The van der Waals surface area contributed by atoms with E-state index in [0.717, 1.165) is 12.0 Å². The van der Waals surface area contributed by atoms with Crippen LogP contribution in [0.15, 0.2) is 18.2 Å². The van der Waals surface area contributed by atoms with Crippen molar-refractivity contribution in [2.45, 2.75) is 40.7 Å². The van der Waals surface area contributed by atoms with Crippen molar-refractivity contribution in [3.63, 3.8) is 0 Å². The highest BCUT2D eigenvalue weighted by molar-refractivity contribution is 5.62. The Bertz CT molecular complexity index is 453. The van der Waals surface area contributed by atoms with E-state index < -0.39 is 0 Å².